The molecule has 0 aliphatic carbocycles. The first kappa shape index (κ1) is 15.9. The molecule has 0 atom stereocenters. The first-order valence-corrected chi connectivity index (χ1v) is 7.35. The van der Waals surface area contributed by atoms with Crippen LogP contribution in [0.2, 0.25) is 0 Å². The Balaban J connectivity index is 1.62. The van der Waals surface area contributed by atoms with Crippen molar-refractivity contribution in [2.75, 3.05) is 5.43 Å². The Morgan fingerprint density at radius 1 is 0.909 bits per heavy atom. The molecule has 0 unspecified atom stereocenters. The number of thiocarbonyl (C=S) groups is 2. The van der Waals surface area contributed by atoms with Gasteiger partial charge in [-0.3, -0.25) is 26.7 Å². The molecule has 1 aromatic heterocycles. The third-order valence-electron chi connectivity index (χ3n) is 2.56. The van der Waals surface area contributed by atoms with E-state index in [0.29, 0.717) is 16.8 Å². The standard InChI is InChI=1S/C14H16N6S2/c21-13(16-10-11-5-4-8-15-9-11)18-20-14(22)19-17-12-6-2-1-3-7-12/h1-9,17H,10H2,(H2,16,18,21)(H2,19,20,22). The molecule has 1 aromatic carbocycles. The average molecular weight is 332 g/mol. The highest BCUT2D eigenvalue weighted by Crippen LogP contribution is 2.02. The van der Waals surface area contributed by atoms with Crippen molar-refractivity contribution in [1.82, 2.24) is 26.6 Å². The number of benzene rings is 1. The van der Waals surface area contributed by atoms with Gasteiger partial charge in [0, 0.05) is 18.9 Å². The minimum atomic E-state index is 0.370. The number of aromatic nitrogens is 1. The number of hydrogen-bond acceptors (Lipinski definition) is 4. The number of anilines is 1. The minimum Gasteiger partial charge on any atom is -0.357 e. The molecule has 2 rings (SSSR count). The molecular formula is C14H16N6S2. The van der Waals surface area contributed by atoms with Crippen molar-refractivity contribution in [3.05, 3.63) is 60.4 Å². The van der Waals surface area contributed by atoms with Crippen LogP contribution in [0.25, 0.3) is 0 Å². The van der Waals surface area contributed by atoms with Crippen molar-refractivity contribution in [1.29, 1.82) is 0 Å². The summed E-state index contributed by atoms with van der Waals surface area (Å²) in [6.07, 6.45) is 3.50. The first-order valence-electron chi connectivity index (χ1n) is 6.54. The molecule has 5 N–H and O–H groups in total. The fourth-order valence-electron chi connectivity index (χ4n) is 1.52. The Labute approximate surface area is 139 Å². The molecule has 0 radical (unpaired) electrons. The number of rotatable bonds is 4. The molecular weight excluding hydrogens is 316 g/mol. The quantitative estimate of drug-likeness (QED) is 0.426. The van der Waals surface area contributed by atoms with E-state index in [1.807, 2.05) is 42.5 Å². The van der Waals surface area contributed by atoms with E-state index in [4.69, 9.17) is 24.4 Å². The highest BCUT2D eigenvalue weighted by atomic mass is 32.1. The second kappa shape index (κ2) is 8.75. The average Bonchev–Trinajstić information content (AvgIpc) is 2.58. The number of hydrazine groups is 2. The number of hydrogen-bond donors (Lipinski definition) is 5. The van der Waals surface area contributed by atoms with Crippen molar-refractivity contribution in [2.24, 2.45) is 0 Å². The van der Waals surface area contributed by atoms with Crippen LogP contribution in [-0.4, -0.2) is 15.2 Å². The molecule has 1 heterocycles. The third kappa shape index (κ3) is 5.90. The van der Waals surface area contributed by atoms with E-state index < -0.39 is 0 Å². The lowest BCUT2D eigenvalue weighted by Gasteiger charge is -2.15. The van der Waals surface area contributed by atoms with Gasteiger partial charge in [-0.25, -0.2) is 0 Å². The van der Waals surface area contributed by atoms with Crippen LogP contribution in [0.1, 0.15) is 5.56 Å². The molecule has 22 heavy (non-hydrogen) atoms. The van der Waals surface area contributed by atoms with Crippen LogP contribution >= 0.6 is 24.4 Å². The van der Waals surface area contributed by atoms with Crippen LogP contribution in [0.5, 0.6) is 0 Å². The Bertz CT molecular complexity index is 550. The van der Waals surface area contributed by atoms with Gasteiger partial charge >= 0.3 is 0 Å². The predicted molar refractivity (Wildman–Crippen MR) is 95.7 cm³/mol. The summed E-state index contributed by atoms with van der Waals surface area (Å²) in [6.45, 7) is 0.587. The molecule has 0 bridgehead atoms. The lowest BCUT2D eigenvalue weighted by atomic mass is 10.3. The molecule has 0 spiro atoms. The normalized spacial score (nSPS) is 9.45. The van der Waals surface area contributed by atoms with Gasteiger partial charge in [-0.2, -0.15) is 0 Å². The van der Waals surface area contributed by atoms with Crippen LogP contribution < -0.4 is 27.0 Å². The first-order chi connectivity index (χ1) is 10.7. The molecule has 6 nitrogen and oxygen atoms in total. The van der Waals surface area contributed by atoms with Crippen molar-refractivity contribution < 1.29 is 0 Å². The van der Waals surface area contributed by atoms with Crippen molar-refractivity contribution in [3.8, 4) is 0 Å². The summed E-state index contributed by atoms with van der Waals surface area (Å²) in [5.41, 5.74) is 13.3. The number of nitrogens with zero attached hydrogens (tertiary/aromatic N) is 1. The number of para-hydroxylation sites is 1. The summed E-state index contributed by atoms with van der Waals surface area (Å²) in [4.78, 5) is 4.03. The monoisotopic (exact) mass is 332 g/mol. The van der Waals surface area contributed by atoms with Crippen molar-refractivity contribution >= 4 is 40.3 Å². The van der Waals surface area contributed by atoms with Gasteiger partial charge in [0.1, 0.15) is 0 Å². The van der Waals surface area contributed by atoms with Gasteiger partial charge < -0.3 is 5.32 Å². The largest absolute Gasteiger partial charge is 0.357 e. The molecule has 0 aliphatic rings. The molecule has 8 heteroatoms. The van der Waals surface area contributed by atoms with E-state index in [2.05, 4.69) is 32.0 Å². The zero-order chi connectivity index (χ0) is 15.6. The number of pyridine rings is 1. The Morgan fingerprint density at radius 2 is 1.68 bits per heavy atom. The molecule has 0 saturated heterocycles. The van der Waals surface area contributed by atoms with Gasteiger partial charge in [-0.05, 0) is 48.2 Å². The van der Waals surface area contributed by atoms with E-state index in [9.17, 15) is 0 Å². The zero-order valence-electron chi connectivity index (χ0n) is 11.7. The Kier molecular flexibility index (Phi) is 6.34. The van der Waals surface area contributed by atoms with Crippen LogP contribution in [0.4, 0.5) is 5.69 Å². The van der Waals surface area contributed by atoms with Gasteiger partial charge in [0.2, 0.25) is 5.11 Å². The maximum absolute atomic E-state index is 5.14. The lowest BCUT2D eigenvalue weighted by molar-refractivity contribution is 0.791. The summed E-state index contributed by atoms with van der Waals surface area (Å²) in [7, 11) is 0. The molecule has 0 aliphatic heterocycles. The van der Waals surface area contributed by atoms with Crippen LogP contribution in [0.15, 0.2) is 54.9 Å². The van der Waals surface area contributed by atoms with Crippen molar-refractivity contribution in [3.63, 3.8) is 0 Å². The van der Waals surface area contributed by atoms with E-state index >= 15 is 0 Å². The minimum absolute atomic E-state index is 0.370. The SMILES string of the molecule is S=C(NCc1cccnc1)NNC(=S)NNc1ccccc1. The van der Waals surface area contributed by atoms with Crippen molar-refractivity contribution in [2.45, 2.75) is 6.54 Å². The molecule has 0 amide bonds. The van der Waals surface area contributed by atoms with Gasteiger partial charge in [0.25, 0.3) is 0 Å². The summed E-state index contributed by atoms with van der Waals surface area (Å²) >= 11 is 10.2. The van der Waals surface area contributed by atoms with Gasteiger partial charge in [0.05, 0.1) is 5.69 Å². The summed E-state index contributed by atoms with van der Waals surface area (Å²) in [6, 6.07) is 13.5. The smallest absolute Gasteiger partial charge is 0.204 e. The van der Waals surface area contributed by atoms with Gasteiger partial charge in [0.15, 0.2) is 5.11 Å². The molecule has 114 valence electrons. The highest BCUT2D eigenvalue weighted by molar-refractivity contribution is 7.80. The fraction of sp³-hybridized carbons (Fsp3) is 0.0714. The van der Waals surface area contributed by atoms with E-state index in [1.165, 1.54) is 0 Å². The number of nitrogens with one attached hydrogen (secondary N) is 5. The van der Waals surface area contributed by atoms with Crippen LogP contribution in [0, 0.1) is 0 Å². The van der Waals surface area contributed by atoms with Gasteiger partial charge in [-0.1, -0.05) is 24.3 Å². The third-order valence-corrected chi connectivity index (χ3v) is 3.01. The lowest BCUT2D eigenvalue weighted by Crippen LogP contribution is -2.51. The highest BCUT2D eigenvalue weighted by Gasteiger charge is 1.98. The van der Waals surface area contributed by atoms with Crippen LogP contribution in [-0.2, 0) is 6.54 Å². The fourth-order valence-corrected chi connectivity index (χ4v) is 1.75. The Morgan fingerprint density at radius 3 is 2.41 bits per heavy atom. The predicted octanol–water partition coefficient (Wildman–Crippen LogP) is 1.45. The molecule has 0 fully saturated rings. The van der Waals surface area contributed by atoms with E-state index in [1.54, 1.807) is 12.4 Å². The molecule has 0 saturated carbocycles. The summed E-state index contributed by atoms with van der Waals surface area (Å²) in [5.74, 6) is 0. The van der Waals surface area contributed by atoms with E-state index in [0.717, 1.165) is 11.3 Å². The van der Waals surface area contributed by atoms with Crippen LogP contribution in [0.3, 0.4) is 0 Å². The summed E-state index contributed by atoms with van der Waals surface area (Å²) < 4.78 is 0. The Hall–Kier alpha value is -2.45. The molecule has 2 aromatic rings. The second-order valence-electron chi connectivity index (χ2n) is 4.24. The summed E-state index contributed by atoms with van der Waals surface area (Å²) in [5, 5.41) is 3.85. The van der Waals surface area contributed by atoms with Gasteiger partial charge in [-0.15, -0.1) is 0 Å². The maximum atomic E-state index is 5.14. The second-order valence-corrected chi connectivity index (χ2v) is 5.06. The zero-order valence-corrected chi connectivity index (χ0v) is 13.3. The van der Waals surface area contributed by atoms with E-state index in [-0.39, 0.29) is 0 Å². The topological polar surface area (TPSA) is 73.0 Å². The maximum Gasteiger partial charge on any atom is 0.204 e.